The van der Waals surface area contributed by atoms with Crippen LogP contribution < -0.4 is 20.1 Å². The lowest BCUT2D eigenvalue weighted by Crippen LogP contribution is -2.43. The van der Waals surface area contributed by atoms with Crippen molar-refractivity contribution >= 4 is 11.8 Å². The van der Waals surface area contributed by atoms with E-state index in [1.165, 1.54) is 50.8 Å². The van der Waals surface area contributed by atoms with Gasteiger partial charge in [0.2, 0.25) is 0 Å². The molecule has 1 aromatic carbocycles. The van der Waals surface area contributed by atoms with Crippen molar-refractivity contribution in [2.75, 3.05) is 39.4 Å². The van der Waals surface area contributed by atoms with Crippen molar-refractivity contribution in [3.63, 3.8) is 0 Å². The Hall–Kier alpha value is -2.28. The van der Waals surface area contributed by atoms with Crippen LogP contribution in [0.4, 0.5) is 4.79 Å². The third-order valence-electron chi connectivity index (χ3n) is 7.54. The van der Waals surface area contributed by atoms with Crippen molar-refractivity contribution in [1.82, 2.24) is 15.5 Å². The Morgan fingerprint density at radius 2 is 1.74 bits per heavy atom. The average Bonchev–Trinajstić information content (AvgIpc) is 3.39. The van der Waals surface area contributed by atoms with Gasteiger partial charge in [0.25, 0.3) is 0 Å². The largest absolute Gasteiger partial charge is 0.486 e. The highest BCUT2D eigenvalue weighted by Crippen LogP contribution is 2.32. The molecule has 1 atom stereocenters. The predicted octanol–water partition coefficient (Wildman–Crippen LogP) is 4.47. The number of nitrogens with one attached hydrogen (secondary N) is 2. The first-order valence-electron chi connectivity index (χ1n) is 13.8. The summed E-state index contributed by atoms with van der Waals surface area (Å²) in [6, 6.07) is 6.48. The molecule has 2 heterocycles. The van der Waals surface area contributed by atoms with Crippen molar-refractivity contribution in [3.8, 4) is 11.5 Å². The summed E-state index contributed by atoms with van der Waals surface area (Å²) in [6.07, 6.45) is 12.1. The minimum atomic E-state index is -0.0885. The topological polar surface area (TPSA) is 79.9 Å². The second kappa shape index (κ2) is 13.7. The molecule has 1 unspecified atom stereocenters. The van der Waals surface area contributed by atoms with Gasteiger partial charge in [-0.05, 0) is 81.6 Å². The molecule has 7 heteroatoms. The Bertz CT molecular complexity index is 818. The molecule has 2 fully saturated rings. The van der Waals surface area contributed by atoms with Gasteiger partial charge in [-0.15, -0.1) is 0 Å². The number of amides is 2. The maximum absolute atomic E-state index is 12.6. The summed E-state index contributed by atoms with van der Waals surface area (Å²) >= 11 is 0. The van der Waals surface area contributed by atoms with E-state index in [0.717, 1.165) is 43.7 Å². The fourth-order valence-corrected chi connectivity index (χ4v) is 5.60. The van der Waals surface area contributed by atoms with Gasteiger partial charge in [-0.1, -0.05) is 25.3 Å². The molecule has 2 aliphatic heterocycles. The van der Waals surface area contributed by atoms with Crippen LogP contribution in [0.1, 0.15) is 76.2 Å². The number of carbonyl (C=O) groups excluding carboxylic acids is 2. The maximum Gasteiger partial charge on any atom is 0.315 e. The number of likely N-dealkylation sites (tertiary alicyclic amines) is 1. The summed E-state index contributed by atoms with van der Waals surface area (Å²) in [5.41, 5.74) is 1.25. The zero-order valence-corrected chi connectivity index (χ0v) is 21.2. The van der Waals surface area contributed by atoms with Crippen LogP contribution in [0.5, 0.6) is 11.5 Å². The Kier molecular flexibility index (Phi) is 10.1. The second-order valence-corrected chi connectivity index (χ2v) is 10.5. The van der Waals surface area contributed by atoms with Gasteiger partial charge < -0.3 is 25.0 Å². The highest BCUT2D eigenvalue weighted by molar-refractivity contribution is 5.78. The van der Waals surface area contributed by atoms with Crippen molar-refractivity contribution in [2.24, 2.45) is 5.92 Å². The number of hydrogen-bond donors (Lipinski definition) is 2. The first-order valence-corrected chi connectivity index (χ1v) is 13.8. The summed E-state index contributed by atoms with van der Waals surface area (Å²) in [6.45, 7) is 5.13. The van der Waals surface area contributed by atoms with Gasteiger partial charge >= 0.3 is 6.03 Å². The van der Waals surface area contributed by atoms with E-state index >= 15 is 0 Å². The van der Waals surface area contributed by atoms with Gasteiger partial charge in [-0.2, -0.15) is 0 Å². The van der Waals surface area contributed by atoms with E-state index in [9.17, 15) is 9.59 Å². The summed E-state index contributed by atoms with van der Waals surface area (Å²) < 4.78 is 11.4. The third-order valence-corrected chi connectivity index (χ3v) is 7.54. The van der Waals surface area contributed by atoms with E-state index in [4.69, 9.17) is 9.47 Å². The average molecular weight is 486 g/mol. The monoisotopic (exact) mass is 485 g/mol. The Balaban J connectivity index is 1.18. The Morgan fingerprint density at radius 3 is 2.54 bits per heavy atom. The maximum atomic E-state index is 12.6. The van der Waals surface area contributed by atoms with Crippen LogP contribution in [-0.2, 0) is 11.2 Å². The van der Waals surface area contributed by atoms with Crippen molar-refractivity contribution in [1.29, 1.82) is 0 Å². The van der Waals surface area contributed by atoms with Crippen LogP contribution in [-0.4, -0.2) is 62.1 Å². The molecule has 2 N–H and O–H groups in total. The minimum Gasteiger partial charge on any atom is -0.486 e. The first-order chi connectivity index (χ1) is 17.2. The molecule has 1 aromatic rings. The van der Waals surface area contributed by atoms with E-state index in [1.807, 2.05) is 6.07 Å². The van der Waals surface area contributed by atoms with E-state index in [1.54, 1.807) is 0 Å². The third kappa shape index (κ3) is 8.71. The molecule has 1 saturated heterocycles. The van der Waals surface area contributed by atoms with Crippen molar-refractivity contribution in [2.45, 2.75) is 83.1 Å². The molecular formula is C28H43N3O4. The molecule has 1 aliphatic carbocycles. The molecular weight excluding hydrogens is 442 g/mol. The Labute approximate surface area is 210 Å². The van der Waals surface area contributed by atoms with Crippen LogP contribution >= 0.6 is 0 Å². The van der Waals surface area contributed by atoms with Crippen molar-refractivity contribution < 1.29 is 19.1 Å². The molecule has 0 bridgehead atoms. The predicted molar refractivity (Wildman–Crippen MR) is 137 cm³/mol. The SMILES string of the molecule is O=C(CCCNC(=O)NC1CCCCC1)CCC(Cc1ccc2c(c1)OCCO2)CN1CCCC1. The van der Waals surface area contributed by atoms with Gasteiger partial charge in [0.1, 0.15) is 19.0 Å². The normalized spacial score (nSPS) is 19.3. The zero-order valence-electron chi connectivity index (χ0n) is 21.2. The van der Waals surface area contributed by atoms with Gasteiger partial charge in [-0.3, -0.25) is 4.79 Å². The fourth-order valence-electron chi connectivity index (χ4n) is 5.60. The van der Waals surface area contributed by atoms with Crippen LogP contribution in [0, 0.1) is 5.92 Å². The number of rotatable bonds is 12. The van der Waals surface area contributed by atoms with Crippen LogP contribution in [0.15, 0.2) is 18.2 Å². The number of ketones is 1. The minimum absolute atomic E-state index is 0.0885. The number of ether oxygens (including phenoxy) is 2. The standard InChI is InChI=1S/C28H43N3O4/c32-25(9-6-14-29-28(33)30-24-7-2-1-3-8-24)12-10-23(21-31-15-4-5-16-31)19-22-11-13-26-27(20-22)35-18-17-34-26/h11,13,20,23-24H,1-10,12,14-19,21H2,(H2,29,30,33). The number of carbonyl (C=O) groups is 2. The van der Waals surface area contributed by atoms with Gasteiger partial charge in [0.15, 0.2) is 11.5 Å². The summed E-state index contributed by atoms with van der Waals surface area (Å²) in [7, 11) is 0. The Morgan fingerprint density at radius 1 is 0.971 bits per heavy atom. The zero-order chi connectivity index (χ0) is 24.3. The lowest BCUT2D eigenvalue weighted by molar-refractivity contribution is -0.119. The number of nitrogens with zero attached hydrogens (tertiary/aromatic N) is 1. The molecule has 0 radical (unpaired) electrons. The molecule has 3 aliphatic rings. The molecule has 35 heavy (non-hydrogen) atoms. The van der Waals surface area contributed by atoms with Crippen LogP contribution in [0.3, 0.4) is 0 Å². The van der Waals surface area contributed by atoms with Crippen LogP contribution in [0.2, 0.25) is 0 Å². The van der Waals surface area contributed by atoms with E-state index in [0.29, 0.717) is 56.8 Å². The lowest BCUT2D eigenvalue weighted by Gasteiger charge is -2.24. The number of Topliss-reactive ketones (excluding diaryl/α,β-unsaturated/α-hetero) is 1. The molecule has 2 amide bonds. The number of urea groups is 1. The molecule has 7 nitrogen and oxygen atoms in total. The lowest BCUT2D eigenvalue weighted by atomic mass is 9.92. The van der Waals surface area contributed by atoms with Crippen molar-refractivity contribution in [3.05, 3.63) is 23.8 Å². The van der Waals surface area contributed by atoms with Gasteiger partial charge in [-0.25, -0.2) is 4.79 Å². The molecule has 1 saturated carbocycles. The highest BCUT2D eigenvalue weighted by Gasteiger charge is 2.21. The van der Waals surface area contributed by atoms with Crippen LogP contribution in [0.25, 0.3) is 0 Å². The highest BCUT2D eigenvalue weighted by atomic mass is 16.6. The second-order valence-electron chi connectivity index (χ2n) is 10.5. The molecule has 0 spiro atoms. The summed E-state index contributed by atoms with van der Waals surface area (Å²) in [5, 5.41) is 5.99. The van der Waals surface area contributed by atoms with E-state index in [2.05, 4.69) is 27.7 Å². The summed E-state index contributed by atoms with van der Waals surface area (Å²) in [4.78, 5) is 27.2. The van der Waals surface area contributed by atoms with E-state index in [-0.39, 0.29) is 6.03 Å². The molecule has 0 aromatic heterocycles. The number of benzene rings is 1. The van der Waals surface area contributed by atoms with E-state index < -0.39 is 0 Å². The van der Waals surface area contributed by atoms with Gasteiger partial charge in [0.05, 0.1) is 0 Å². The molecule has 4 rings (SSSR count). The smallest absolute Gasteiger partial charge is 0.315 e. The quantitative estimate of drug-likeness (QED) is 0.427. The molecule has 194 valence electrons. The number of hydrogen-bond acceptors (Lipinski definition) is 5. The first kappa shape index (κ1) is 25.8. The van der Waals surface area contributed by atoms with Gasteiger partial charge in [0, 0.05) is 32.0 Å². The summed E-state index contributed by atoms with van der Waals surface area (Å²) in [5.74, 6) is 2.41. The fraction of sp³-hybridized carbons (Fsp3) is 0.714. The number of fused-ring (bicyclic) bond motifs is 1.